The summed E-state index contributed by atoms with van der Waals surface area (Å²) in [7, 11) is 0. The molecule has 0 aliphatic heterocycles. The zero-order valence-corrected chi connectivity index (χ0v) is 12.9. The number of nitrogens with zero attached hydrogens (tertiary/aromatic N) is 1. The summed E-state index contributed by atoms with van der Waals surface area (Å²) in [5.74, 6) is 0. The van der Waals surface area contributed by atoms with Gasteiger partial charge in [-0.2, -0.15) is 0 Å². The average Bonchev–Trinajstić information content (AvgIpc) is 2.47. The van der Waals surface area contributed by atoms with Crippen LogP contribution in [0, 0.1) is 0 Å². The van der Waals surface area contributed by atoms with Crippen LogP contribution < -0.4 is 10.6 Å². The number of nitrogens with two attached hydrogens (primary N) is 1. The Kier molecular flexibility index (Phi) is 5.62. The molecule has 112 valence electrons. The molecule has 0 aliphatic carbocycles. The molecule has 0 radical (unpaired) electrons. The predicted molar refractivity (Wildman–Crippen MR) is 88.6 cm³/mol. The Morgan fingerprint density at radius 2 is 1.90 bits per heavy atom. The van der Waals surface area contributed by atoms with Gasteiger partial charge in [-0.25, -0.2) is 0 Å². The van der Waals surface area contributed by atoms with Crippen LogP contribution >= 0.6 is 11.6 Å². The lowest BCUT2D eigenvalue weighted by Gasteiger charge is -2.25. The SMILES string of the molecule is CC(N)c1ccc(N(CCO)Cc2ccccc2)cc1Cl. The highest BCUT2D eigenvalue weighted by molar-refractivity contribution is 6.31. The molecule has 1 unspecified atom stereocenters. The minimum Gasteiger partial charge on any atom is -0.395 e. The van der Waals surface area contributed by atoms with Crippen LogP contribution in [0.15, 0.2) is 48.5 Å². The van der Waals surface area contributed by atoms with Gasteiger partial charge >= 0.3 is 0 Å². The second-order valence-corrected chi connectivity index (χ2v) is 5.53. The molecule has 3 N–H and O–H groups in total. The number of benzene rings is 2. The Morgan fingerprint density at radius 1 is 1.19 bits per heavy atom. The molecule has 0 heterocycles. The number of hydrogen-bond donors (Lipinski definition) is 2. The maximum absolute atomic E-state index is 9.29. The van der Waals surface area contributed by atoms with Crippen molar-refractivity contribution in [1.29, 1.82) is 0 Å². The molecule has 2 aromatic carbocycles. The Hall–Kier alpha value is -1.55. The molecule has 2 aromatic rings. The first kappa shape index (κ1) is 15.8. The van der Waals surface area contributed by atoms with E-state index >= 15 is 0 Å². The van der Waals surface area contributed by atoms with Gasteiger partial charge < -0.3 is 15.7 Å². The van der Waals surface area contributed by atoms with Gasteiger partial charge in [0.1, 0.15) is 0 Å². The van der Waals surface area contributed by atoms with Gasteiger partial charge in [0, 0.05) is 29.8 Å². The molecule has 0 bridgehead atoms. The van der Waals surface area contributed by atoms with E-state index in [-0.39, 0.29) is 12.6 Å². The van der Waals surface area contributed by atoms with Crippen molar-refractivity contribution in [3.05, 3.63) is 64.7 Å². The van der Waals surface area contributed by atoms with Crippen LogP contribution in [0.4, 0.5) is 5.69 Å². The van der Waals surface area contributed by atoms with Gasteiger partial charge in [0.25, 0.3) is 0 Å². The number of halogens is 1. The van der Waals surface area contributed by atoms with Crippen LogP contribution in [0.1, 0.15) is 24.1 Å². The van der Waals surface area contributed by atoms with Crippen molar-refractivity contribution in [2.45, 2.75) is 19.5 Å². The predicted octanol–water partition coefficient (Wildman–Crippen LogP) is 3.36. The molecule has 0 saturated carbocycles. The second kappa shape index (κ2) is 7.46. The van der Waals surface area contributed by atoms with Crippen molar-refractivity contribution < 1.29 is 5.11 Å². The zero-order chi connectivity index (χ0) is 15.2. The van der Waals surface area contributed by atoms with E-state index in [4.69, 9.17) is 17.3 Å². The summed E-state index contributed by atoms with van der Waals surface area (Å²) >= 11 is 6.30. The van der Waals surface area contributed by atoms with Crippen molar-refractivity contribution in [1.82, 2.24) is 0 Å². The van der Waals surface area contributed by atoms with Crippen molar-refractivity contribution in [3.63, 3.8) is 0 Å². The van der Waals surface area contributed by atoms with Gasteiger partial charge in [-0.3, -0.25) is 0 Å². The summed E-state index contributed by atoms with van der Waals surface area (Å²) in [6.07, 6.45) is 0. The maximum Gasteiger partial charge on any atom is 0.0606 e. The molecular formula is C17H21ClN2O. The summed E-state index contributed by atoms with van der Waals surface area (Å²) in [5, 5.41) is 9.96. The fourth-order valence-electron chi connectivity index (χ4n) is 2.31. The van der Waals surface area contributed by atoms with Crippen molar-refractivity contribution >= 4 is 17.3 Å². The summed E-state index contributed by atoms with van der Waals surface area (Å²) < 4.78 is 0. The third kappa shape index (κ3) is 4.21. The van der Waals surface area contributed by atoms with E-state index in [1.54, 1.807) is 0 Å². The number of anilines is 1. The Bertz CT molecular complexity index is 572. The topological polar surface area (TPSA) is 49.5 Å². The van der Waals surface area contributed by atoms with E-state index in [1.165, 1.54) is 5.56 Å². The van der Waals surface area contributed by atoms with Gasteiger partial charge in [0.15, 0.2) is 0 Å². The van der Waals surface area contributed by atoms with Crippen LogP contribution in [0.2, 0.25) is 5.02 Å². The van der Waals surface area contributed by atoms with Crippen LogP contribution in [0.5, 0.6) is 0 Å². The summed E-state index contributed by atoms with van der Waals surface area (Å²) in [6, 6.07) is 15.9. The van der Waals surface area contributed by atoms with E-state index < -0.39 is 0 Å². The summed E-state index contributed by atoms with van der Waals surface area (Å²) in [4.78, 5) is 2.10. The number of rotatable bonds is 6. The lowest BCUT2D eigenvalue weighted by atomic mass is 10.1. The van der Waals surface area contributed by atoms with Crippen LogP contribution in [0.25, 0.3) is 0 Å². The van der Waals surface area contributed by atoms with Crippen molar-refractivity contribution in [2.24, 2.45) is 5.73 Å². The highest BCUT2D eigenvalue weighted by atomic mass is 35.5. The lowest BCUT2D eigenvalue weighted by molar-refractivity contribution is 0.301. The zero-order valence-electron chi connectivity index (χ0n) is 12.2. The normalized spacial score (nSPS) is 12.2. The molecular weight excluding hydrogens is 284 g/mol. The number of hydrogen-bond acceptors (Lipinski definition) is 3. The van der Waals surface area contributed by atoms with Crippen LogP contribution in [0.3, 0.4) is 0 Å². The van der Waals surface area contributed by atoms with Gasteiger partial charge in [0.05, 0.1) is 6.61 Å². The molecule has 3 nitrogen and oxygen atoms in total. The van der Waals surface area contributed by atoms with E-state index in [9.17, 15) is 5.11 Å². The second-order valence-electron chi connectivity index (χ2n) is 5.13. The molecule has 0 amide bonds. The first-order valence-corrected chi connectivity index (χ1v) is 7.44. The third-order valence-corrected chi connectivity index (χ3v) is 3.75. The fourth-order valence-corrected chi connectivity index (χ4v) is 2.65. The molecule has 4 heteroatoms. The fraction of sp³-hybridized carbons (Fsp3) is 0.294. The lowest BCUT2D eigenvalue weighted by Crippen LogP contribution is -2.26. The summed E-state index contributed by atoms with van der Waals surface area (Å²) in [5.41, 5.74) is 9.00. The first-order valence-electron chi connectivity index (χ1n) is 7.06. The number of aliphatic hydroxyl groups excluding tert-OH is 1. The minimum atomic E-state index is -0.0908. The van der Waals surface area contributed by atoms with E-state index in [0.29, 0.717) is 11.6 Å². The molecule has 21 heavy (non-hydrogen) atoms. The van der Waals surface area contributed by atoms with Crippen LogP contribution in [-0.2, 0) is 6.54 Å². The smallest absolute Gasteiger partial charge is 0.0606 e. The molecule has 2 rings (SSSR count). The summed E-state index contributed by atoms with van der Waals surface area (Å²) in [6.45, 7) is 3.30. The molecule has 0 spiro atoms. The first-order chi connectivity index (χ1) is 10.1. The van der Waals surface area contributed by atoms with Crippen molar-refractivity contribution in [2.75, 3.05) is 18.1 Å². The monoisotopic (exact) mass is 304 g/mol. The van der Waals surface area contributed by atoms with Gasteiger partial charge in [-0.1, -0.05) is 48.0 Å². The quantitative estimate of drug-likeness (QED) is 0.860. The van der Waals surface area contributed by atoms with E-state index in [1.807, 2.05) is 43.3 Å². The molecule has 1 atom stereocenters. The standard InChI is InChI=1S/C17H21ClN2O/c1-13(19)16-8-7-15(11-17(16)18)20(9-10-21)12-14-5-3-2-4-6-14/h2-8,11,13,21H,9-10,12,19H2,1H3. The molecule has 0 saturated heterocycles. The van der Waals surface area contributed by atoms with E-state index in [2.05, 4.69) is 17.0 Å². The Labute approximate surface area is 131 Å². The molecule has 0 fully saturated rings. The highest BCUT2D eigenvalue weighted by Crippen LogP contribution is 2.27. The van der Waals surface area contributed by atoms with Crippen LogP contribution in [-0.4, -0.2) is 18.3 Å². The van der Waals surface area contributed by atoms with Crippen molar-refractivity contribution in [3.8, 4) is 0 Å². The molecule has 0 aromatic heterocycles. The van der Waals surface area contributed by atoms with E-state index in [0.717, 1.165) is 17.8 Å². The Morgan fingerprint density at radius 3 is 2.48 bits per heavy atom. The van der Waals surface area contributed by atoms with Gasteiger partial charge in [-0.05, 0) is 30.2 Å². The largest absolute Gasteiger partial charge is 0.395 e. The molecule has 0 aliphatic rings. The third-order valence-electron chi connectivity index (χ3n) is 3.43. The maximum atomic E-state index is 9.29. The Balaban J connectivity index is 2.24. The minimum absolute atomic E-state index is 0.0908. The highest BCUT2D eigenvalue weighted by Gasteiger charge is 2.11. The number of aliphatic hydroxyl groups is 1. The average molecular weight is 305 g/mol. The van der Waals surface area contributed by atoms with Gasteiger partial charge in [0.2, 0.25) is 0 Å². The van der Waals surface area contributed by atoms with Gasteiger partial charge in [-0.15, -0.1) is 0 Å².